The fraction of sp³-hybridized carbons (Fsp3) is 0.571. The van der Waals surface area contributed by atoms with Crippen LogP contribution in [0, 0.1) is 10.1 Å². The van der Waals surface area contributed by atoms with Gasteiger partial charge in [-0.3, -0.25) is 10.1 Å². The molecule has 0 aliphatic heterocycles. The molecule has 0 fully saturated rings. The van der Waals surface area contributed by atoms with Gasteiger partial charge >= 0.3 is 0 Å². The van der Waals surface area contributed by atoms with Gasteiger partial charge in [0, 0.05) is 23.1 Å². The van der Waals surface area contributed by atoms with Gasteiger partial charge in [0.1, 0.15) is 0 Å². The number of thioether (sulfide) groups is 1. The minimum atomic E-state index is -0.381. The summed E-state index contributed by atoms with van der Waals surface area (Å²) in [5, 5.41) is 14.4. The first-order chi connectivity index (χ1) is 9.13. The van der Waals surface area contributed by atoms with Crippen molar-refractivity contribution >= 4 is 23.1 Å². The first-order valence-corrected chi connectivity index (χ1v) is 7.78. The van der Waals surface area contributed by atoms with Gasteiger partial charge in [0.15, 0.2) is 0 Å². The molecule has 106 valence electrons. The van der Waals surface area contributed by atoms with E-state index in [1.807, 2.05) is 11.8 Å². The zero-order valence-corrected chi connectivity index (χ0v) is 12.4. The highest BCUT2D eigenvalue weighted by molar-refractivity contribution is 7.99. The molecule has 1 atom stereocenters. The van der Waals surface area contributed by atoms with Crippen molar-refractivity contribution in [2.24, 2.45) is 0 Å². The average Bonchev–Trinajstić information content (AvgIpc) is 2.39. The lowest BCUT2D eigenvalue weighted by Crippen LogP contribution is -2.04. The standard InChI is InChI=1S/C14H22N2O2S/c1-3-4-5-6-12(2)19-11-15-13-7-9-14(10-8-13)16(17)18/h7-10,12,15H,3-6,11H2,1-2H3/t12-/m0/s1. The fourth-order valence-corrected chi connectivity index (χ4v) is 2.60. The van der Waals surface area contributed by atoms with Gasteiger partial charge < -0.3 is 5.32 Å². The summed E-state index contributed by atoms with van der Waals surface area (Å²) in [6, 6.07) is 6.55. The van der Waals surface area contributed by atoms with E-state index in [1.54, 1.807) is 12.1 Å². The first kappa shape index (κ1) is 15.8. The van der Waals surface area contributed by atoms with Gasteiger partial charge in [-0.1, -0.05) is 33.1 Å². The van der Waals surface area contributed by atoms with E-state index in [-0.39, 0.29) is 10.6 Å². The van der Waals surface area contributed by atoms with Crippen molar-refractivity contribution in [3.63, 3.8) is 0 Å². The molecule has 0 heterocycles. The van der Waals surface area contributed by atoms with Gasteiger partial charge in [-0.25, -0.2) is 0 Å². The molecule has 0 aromatic heterocycles. The van der Waals surface area contributed by atoms with E-state index < -0.39 is 0 Å². The molecule has 0 saturated heterocycles. The second-order valence-electron chi connectivity index (χ2n) is 4.60. The SMILES string of the molecule is CCCCC[C@H](C)SCNc1ccc([N+](=O)[O-])cc1. The Labute approximate surface area is 119 Å². The monoisotopic (exact) mass is 282 g/mol. The number of benzene rings is 1. The zero-order chi connectivity index (χ0) is 14.1. The van der Waals surface area contributed by atoms with E-state index in [2.05, 4.69) is 19.2 Å². The van der Waals surface area contributed by atoms with Crippen LogP contribution in [0.4, 0.5) is 11.4 Å². The number of anilines is 1. The zero-order valence-electron chi connectivity index (χ0n) is 11.6. The Morgan fingerprint density at radius 2 is 2.00 bits per heavy atom. The summed E-state index contributed by atoms with van der Waals surface area (Å²) >= 11 is 1.89. The second kappa shape index (κ2) is 8.80. The molecule has 0 aliphatic carbocycles. The Morgan fingerprint density at radius 1 is 1.32 bits per heavy atom. The van der Waals surface area contributed by atoms with Crippen LogP contribution in [0.5, 0.6) is 0 Å². The van der Waals surface area contributed by atoms with Gasteiger partial charge in [-0.05, 0) is 18.6 Å². The Kier molecular flexibility index (Phi) is 7.33. The molecule has 1 N–H and O–H groups in total. The van der Waals surface area contributed by atoms with Crippen LogP contribution in [0.2, 0.25) is 0 Å². The Bertz CT molecular complexity index is 382. The van der Waals surface area contributed by atoms with E-state index in [0.717, 1.165) is 11.6 Å². The molecule has 1 aromatic carbocycles. The summed E-state index contributed by atoms with van der Waals surface area (Å²) < 4.78 is 0. The topological polar surface area (TPSA) is 55.2 Å². The molecule has 0 radical (unpaired) electrons. The molecule has 5 heteroatoms. The molecular formula is C14H22N2O2S. The summed E-state index contributed by atoms with van der Waals surface area (Å²) in [6.45, 7) is 4.46. The predicted molar refractivity (Wildman–Crippen MR) is 82.8 cm³/mol. The van der Waals surface area contributed by atoms with Crippen molar-refractivity contribution in [1.82, 2.24) is 0 Å². The van der Waals surface area contributed by atoms with E-state index in [9.17, 15) is 10.1 Å². The highest BCUT2D eigenvalue weighted by Gasteiger charge is 2.04. The van der Waals surface area contributed by atoms with Gasteiger partial charge in [-0.15, -0.1) is 11.8 Å². The minimum absolute atomic E-state index is 0.131. The van der Waals surface area contributed by atoms with Crippen molar-refractivity contribution in [3.05, 3.63) is 34.4 Å². The highest BCUT2D eigenvalue weighted by atomic mass is 32.2. The Hall–Kier alpha value is -1.23. The number of non-ortho nitro benzene ring substituents is 1. The summed E-state index contributed by atoms with van der Waals surface area (Å²) in [5.41, 5.74) is 1.06. The largest absolute Gasteiger partial charge is 0.376 e. The minimum Gasteiger partial charge on any atom is -0.376 e. The number of hydrogen-bond donors (Lipinski definition) is 1. The van der Waals surface area contributed by atoms with E-state index in [4.69, 9.17) is 0 Å². The van der Waals surface area contributed by atoms with Crippen molar-refractivity contribution < 1.29 is 4.92 Å². The highest BCUT2D eigenvalue weighted by Crippen LogP contribution is 2.20. The van der Waals surface area contributed by atoms with Gasteiger partial charge in [0.05, 0.1) is 10.8 Å². The smallest absolute Gasteiger partial charge is 0.269 e. The number of nitro groups is 1. The number of rotatable bonds is 9. The van der Waals surface area contributed by atoms with Crippen LogP contribution in [0.15, 0.2) is 24.3 Å². The third-order valence-corrected chi connectivity index (χ3v) is 4.05. The molecule has 0 bridgehead atoms. The quantitative estimate of drug-likeness (QED) is 0.309. The summed E-state index contributed by atoms with van der Waals surface area (Å²) in [5.74, 6) is 0.838. The van der Waals surface area contributed by atoms with Crippen LogP contribution in [0.1, 0.15) is 39.5 Å². The molecule has 0 spiro atoms. The lowest BCUT2D eigenvalue weighted by Gasteiger charge is -2.12. The molecule has 4 nitrogen and oxygen atoms in total. The molecule has 1 aromatic rings. The number of nitro benzene ring substituents is 1. The molecule has 0 aliphatic rings. The average molecular weight is 282 g/mol. The normalized spacial score (nSPS) is 12.1. The molecule has 1 rings (SSSR count). The molecule has 0 amide bonds. The van der Waals surface area contributed by atoms with Gasteiger partial charge in [0.2, 0.25) is 0 Å². The van der Waals surface area contributed by atoms with Crippen LogP contribution in [-0.4, -0.2) is 16.1 Å². The van der Waals surface area contributed by atoms with Crippen molar-refractivity contribution in [2.75, 3.05) is 11.2 Å². The second-order valence-corrected chi connectivity index (χ2v) is 6.02. The predicted octanol–water partition coefficient (Wildman–Crippen LogP) is 4.67. The van der Waals surface area contributed by atoms with Crippen LogP contribution in [-0.2, 0) is 0 Å². The van der Waals surface area contributed by atoms with Crippen LogP contribution >= 0.6 is 11.8 Å². The maximum absolute atomic E-state index is 10.5. The number of nitrogens with zero attached hydrogens (tertiary/aromatic N) is 1. The van der Waals surface area contributed by atoms with Crippen molar-refractivity contribution in [3.8, 4) is 0 Å². The number of hydrogen-bond acceptors (Lipinski definition) is 4. The third-order valence-electron chi connectivity index (χ3n) is 2.94. The molecule has 19 heavy (non-hydrogen) atoms. The summed E-state index contributed by atoms with van der Waals surface area (Å²) in [4.78, 5) is 10.1. The van der Waals surface area contributed by atoms with Crippen molar-refractivity contribution in [2.45, 2.75) is 44.8 Å². The number of nitrogens with one attached hydrogen (secondary N) is 1. The van der Waals surface area contributed by atoms with E-state index >= 15 is 0 Å². The van der Waals surface area contributed by atoms with Crippen LogP contribution in [0.25, 0.3) is 0 Å². The molecule has 0 saturated carbocycles. The lowest BCUT2D eigenvalue weighted by atomic mass is 10.2. The first-order valence-electron chi connectivity index (χ1n) is 6.73. The summed E-state index contributed by atoms with van der Waals surface area (Å²) in [6.07, 6.45) is 5.11. The fourth-order valence-electron chi connectivity index (χ4n) is 1.73. The Balaban J connectivity index is 2.23. The van der Waals surface area contributed by atoms with E-state index in [0.29, 0.717) is 5.25 Å². The third kappa shape index (κ3) is 6.47. The number of unbranched alkanes of at least 4 members (excludes halogenated alkanes) is 2. The maximum atomic E-state index is 10.5. The van der Waals surface area contributed by atoms with Crippen LogP contribution in [0.3, 0.4) is 0 Å². The Morgan fingerprint density at radius 3 is 2.58 bits per heavy atom. The van der Waals surface area contributed by atoms with Crippen LogP contribution < -0.4 is 5.32 Å². The lowest BCUT2D eigenvalue weighted by molar-refractivity contribution is -0.384. The van der Waals surface area contributed by atoms with Crippen molar-refractivity contribution in [1.29, 1.82) is 0 Å². The summed E-state index contributed by atoms with van der Waals surface area (Å²) in [7, 11) is 0. The molecule has 0 unspecified atom stereocenters. The van der Waals surface area contributed by atoms with E-state index in [1.165, 1.54) is 37.8 Å². The maximum Gasteiger partial charge on any atom is 0.269 e. The van der Waals surface area contributed by atoms with Gasteiger partial charge in [-0.2, -0.15) is 0 Å². The molecular weight excluding hydrogens is 260 g/mol. The van der Waals surface area contributed by atoms with Gasteiger partial charge in [0.25, 0.3) is 5.69 Å².